The zero-order valence-electron chi connectivity index (χ0n) is 8.20. The van der Waals surface area contributed by atoms with Crippen LogP contribution in [0.5, 0.6) is 0 Å². The lowest BCUT2D eigenvalue weighted by atomic mass is 10.0. The predicted octanol–water partition coefficient (Wildman–Crippen LogP) is 2.73. The minimum absolute atomic E-state index is 0.609. The molecule has 1 N–H and O–H groups in total. The highest BCUT2D eigenvalue weighted by Crippen LogP contribution is 2.34. The Kier molecular flexibility index (Phi) is 2.26. The van der Waals surface area contributed by atoms with E-state index in [1.54, 1.807) is 0 Å². The highest BCUT2D eigenvalue weighted by Gasteiger charge is 2.27. The first kappa shape index (κ1) is 8.81. The maximum absolute atomic E-state index is 3.73. The van der Waals surface area contributed by atoms with Gasteiger partial charge in [-0.1, -0.05) is 24.3 Å². The second kappa shape index (κ2) is 3.59. The van der Waals surface area contributed by atoms with Gasteiger partial charge >= 0.3 is 0 Å². The van der Waals surface area contributed by atoms with Gasteiger partial charge in [-0.3, -0.25) is 0 Å². The SMILES string of the molecule is c1ccc2c(c1)CSCC2NC1CC1. The lowest BCUT2D eigenvalue weighted by Gasteiger charge is -2.26. The summed E-state index contributed by atoms with van der Waals surface area (Å²) in [7, 11) is 0. The molecule has 1 nitrogen and oxygen atoms in total. The minimum atomic E-state index is 0.609. The summed E-state index contributed by atoms with van der Waals surface area (Å²) in [5.41, 5.74) is 3.07. The van der Waals surface area contributed by atoms with E-state index in [4.69, 9.17) is 0 Å². The molecule has 2 aliphatic rings. The number of benzene rings is 1. The molecule has 2 heteroatoms. The standard InChI is InChI=1S/C12H15NS/c1-2-4-11-9(3-1)7-14-8-12(11)13-10-5-6-10/h1-4,10,12-13H,5-8H2. The van der Waals surface area contributed by atoms with Gasteiger partial charge in [0.2, 0.25) is 0 Å². The van der Waals surface area contributed by atoms with Gasteiger partial charge in [0.25, 0.3) is 0 Å². The van der Waals surface area contributed by atoms with Gasteiger partial charge < -0.3 is 5.32 Å². The van der Waals surface area contributed by atoms with Gasteiger partial charge in [0, 0.05) is 23.6 Å². The molecule has 74 valence electrons. The smallest absolute Gasteiger partial charge is 0.0417 e. The van der Waals surface area contributed by atoms with Crippen molar-refractivity contribution in [1.29, 1.82) is 0 Å². The molecule has 0 amide bonds. The molecule has 3 rings (SSSR count). The summed E-state index contributed by atoms with van der Waals surface area (Å²) >= 11 is 2.05. The molecule has 0 saturated heterocycles. The van der Waals surface area contributed by atoms with Crippen molar-refractivity contribution in [2.24, 2.45) is 0 Å². The van der Waals surface area contributed by atoms with Gasteiger partial charge in [-0.25, -0.2) is 0 Å². The average Bonchev–Trinajstić information content (AvgIpc) is 3.03. The molecule has 1 aromatic carbocycles. The van der Waals surface area contributed by atoms with Crippen molar-refractivity contribution < 1.29 is 0 Å². The van der Waals surface area contributed by atoms with Crippen LogP contribution in [0.3, 0.4) is 0 Å². The van der Waals surface area contributed by atoms with Crippen molar-refractivity contribution in [2.45, 2.75) is 30.7 Å². The molecule has 14 heavy (non-hydrogen) atoms. The molecule has 0 bridgehead atoms. The first-order chi connectivity index (χ1) is 6.93. The lowest BCUT2D eigenvalue weighted by molar-refractivity contribution is 0.571. The van der Waals surface area contributed by atoms with E-state index in [2.05, 4.69) is 41.3 Å². The molecule has 1 fully saturated rings. The van der Waals surface area contributed by atoms with Crippen molar-refractivity contribution in [1.82, 2.24) is 5.32 Å². The van der Waals surface area contributed by atoms with Gasteiger partial charge in [0.1, 0.15) is 0 Å². The number of thioether (sulfide) groups is 1. The summed E-state index contributed by atoms with van der Waals surface area (Å²) < 4.78 is 0. The fraction of sp³-hybridized carbons (Fsp3) is 0.500. The molecule has 0 aromatic heterocycles. The molecule has 1 unspecified atom stereocenters. The maximum atomic E-state index is 3.73. The fourth-order valence-corrected chi connectivity index (χ4v) is 3.17. The van der Waals surface area contributed by atoms with E-state index in [1.165, 1.54) is 35.5 Å². The van der Waals surface area contributed by atoms with Gasteiger partial charge in [-0.05, 0) is 24.0 Å². The Labute approximate surface area is 89.3 Å². The maximum Gasteiger partial charge on any atom is 0.0417 e. The Morgan fingerprint density at radius 1 is 1.21 bits per heavy atom. The summed E-state index contributed by atoms with van der Waals surface area (Å²) in [5.74, 6) is 2.44. The highest BCUT2D eigenvalue weighted by molar-refractivity contribution is 7.98. The molecular weight excluding hydrogens is 190 g/mol. The van der Waals surface area contributed by atoms with E-state index in [1.807, 2.05) is 0 Å². The van der Waals surface area contributed by atoms with Crippen LogP contribution in [-0.2, 0) is 5.75 Å². The molecule has 1 saturated carbocycles. The Morgan fingerprint density at radius 3 is 2.93 bits per heavy atom. The van der Waals surface area contributed by atoms with Crippen molar-refractivity contribution in [3.8, 4) is 0 Å². The third kappa shape index (κ3) is 1.69. The van der Waals surface area contributed by atoms with Gasteiger partial charge in [-0.15, -0.1) is 0 Å². The molecule has 0 radical (unpaired) electrons. The Bertz CT molecular complexity index is 333. The summed E-state index contributed by atoms with van der Waals surface area (Å²) in [6.45, 7) is 0. The normalized spacial score (nSPS) is 25.9. The van der Waals surface area contributed by atoms with Crippen LogP contribution < -0.4 is 5.32 Å². The van der Waals surface area contributed by atoms with Gasteiger partial charge in [0.05, 0.1) is 0 Å². The zero-order valence-corrected chi connectivity index (χ0v) is 9.02. The molecule has 1 aliphatic heterocycles. The lowest BCUT2D eigenvalue weighted by Crippen LogP contribution is -2.28. The fourth-order valence-electron chi connectivity index (χ4n) is 2.05. The molecule has 1 heterocycles. The number of fused-ring (bicyclic) bond motifs is 1. The van der Waals surface area contributed by atoms with Crippen molar-refractivity contribution in [3.63, 3.8) is 0 Å². The second-order valence-electron chi connectivity index (χ2n) is 4.21. The van der Waals surface area contributed by atoms with Gasteiger partial charge in [0.15, 0.2) is 0 Å². The van der Waals surface area contributed by atoms with E-state index in [-0.39, 0.29) is 0 Å². The number of hydrogen-bond acceptors (Lipinski definition) is 2. The van der Waals surface area contributed by atoms with E-state index in [0.717, 1.165) is 6.04 Å². The van der Waals surface area contributed by atoms with Crippen LogP contribution >= 0.6 is 11.8 Å². The van der Waals surface area contributed by atoms with E-state index < -0.39 is 0 Å². The largest absolute Gasteiger partial charge is 0.306 e. The average molecular weight is 205 g/mol. The number of rotatable bonds is 2. The minimum Gasteiger partial charge on any atom is -0.306 e. The molecular formula is C12H15NS. The summed E-state index contributed by atoms with van der Waals surface area (Å²) in [5, 5.41) is 3.73. The third-order valence-electron chi connectivity index (χ3n) is 2.99. The van der Waals surface area contributed by atoms with Crippen LogP contribution in [-0.4, -0.2) is 11.8 Å². The Balaban J connectivity index is 1.85. The first-order valence-corrected chi connectivity index (χ1v) is 6.50. The van der Waals surface area contributed by atoms with Crippen LogP contribution in [0.2, 0.25) is 0 Å². The topological polar surface area (TPSA) is 12.0 Å². The quantitative estimate of drug-likeness (QED) is 0.796. The van der Waals surface area contributed by atoms with Gasteiger partial charge in [-0.2, -0.15) is 11.8 Å². The molecule has 0 spiro atoms. The molecule has 1 atom stereocenters. The first-order valence-electron chi connectivity index (χ1n) is 5.35. The second-order valence-corrected chi connectivity index (χ2v) is 5.24. The van der Waals surface area contributed by atoms with Crippen molar-refractivity contribution >= 4 is 11.8 Å². The highest BCUT2D eigenvalue weighted by atomic mass is 32.2. The van der Waals surface area contributed by atoms with Crippen LogP contribution in [0.25, 0.3) is 0 Å². The third-order valence-corrected chi connectivity index (χ3v) is 4.07. The molecule has 1 aromatic rings. The van der Waals surface area contributed by atoms with Crippen molar-refractivity contribution in [2.75, 3.05) is 5.75 Å². The summed E-state index contributed by atoms with van der Waals surface area (Å²) in [4.78, 5) is 0. The van der Waals surface area contributed by atoms with E-state index in [0.29, 0.717) is 6.04 Å². The number of hydrogen-bond donors (Lipinski definition) is 1. The summed E-state index contributed by atoms with van der Waals surface area (Å²) in [6.07, 6.45) is 2.76. The van der Waals surface area contributed by atoms with E-state index >= 15 is 0 Å². The zero-order chi connectivity index (χ0) is 9.38. The Hall–Kier alpha value is -0.470. The monoisotopic (exact) mass is 205 g/mol. The van der Waals surface area contributed by atoms with Crippen LogP contribution in [0.1, 0.15) is 30.0 Å². The van der Waals surface area contributed by atoms with Crippen LogP contribution in [0.4, 0.5) is 0 Å². The van der Waals surface area contributed by atoms with Crippen molar-refractivity contribution in [3.05, 3.63) is 35.4 Å². The Morgan fingerprint density at radius 2 is 2.07 bits per heavy atom. The number of nitrogens with one attached hydrogen (secondary N) is 1. The summed E-state index contributed by atoms with van der Waals surface area (Å²) in [6, 6.07) is 10.3. The van der Waals surface area contributed by atoms with Crippen LogP contribution in [0.15, 0.2) is 24.3 Å². The van der Waals surface area contributed by atoms with Crippen LogP contribution in [0, 0.1) is 0 Å². The van der Waals surface area contributed by atoms with E-state index in [9.17, 15) is 0 Å². The predicted molar refractivity (Wildman–Crippen MR) is 61.5 cm³/mol. The molecule has 1 aliphatic carbocycles.